The van der Waals surface area contributed by atoms with Gasteiger partial charge in [0.05, 0.1) is 12.1 Å². The van der Waals surface area contributed by atoms with Crippen LogP contribution < -0.4 is 5.73 Å². The molecular formula is C15H21F3N2O. The van der Waals surface area contributed by atoms with Crippen LogP contribution in [0.2, 0.25) is 0 Å². The Balaban J connectivity index is 2.26. The molecule has 0 saturated carbocycles. The standard InChI is InChI=1S/C15H21F3N2O/c1-9-3-4-20(8-15(9)21-2)14(7-19)10-5-12(17)13(18)6-11(10)16/h5-6,9,14-15H,3-4,7-8,19H2,1-2H3. The van der Waals surface area contributed by atoms with Gasteiger partial charge in [-0.25, -0.2) is 13.2 Å². The van der Waals surface area contributed by atoms with Gasteiger partial charge in [0.2, 0.25) is 0 Å². The predicted molar refractivity (Wildman–Crippen MR) is 74.3 cm³/mol. The lowest BCUT2D eigenvalue weighted by molar-refractivity contribution is -0.0188. The summed E-state index contributed by atoms with van der Waals surface area (Å²) in [6.07, 6.45) is 0.918. The summed E-state index contributed by atoms with van der Waals surface area (Å²) in [5, 5.41) is 0. The van der Waals surface area contributed by atoms with Crippen LogP contribution in [0.5, 0.6) is 0 Å². The van der Waals surface area contributed by atoms with Gasteiger partial charge in [-0.1, -0.05) is 6.92 Å². The molecule has 21 heavy (non-hydrogen) atoms. The highest BCUT2D eigenvalue weighted by Crippen LogP contribution is 2.29. The third-order valence-electron chi connectivity index (χ3n) is 4.29. The predicted octanol–water partition coefficient (Wildman–Crippen LogP) is 2.46. The molecule has 1 aliphatic rings. The van der Waals surface area contributed by atoms with Crippen LogP contribution in [0, 0.1) is 23.4 Å². The van der Waals surface area contributed by atoms with Crippen molar-refractivity contribution in [3.05, 3.63) is 35.1 Å². The van der Waals surface area contributed by atoms with Gasteiger partial charge in [0, 0.05) is 31.8 Å². The van der Waals surface area contributed by atoms with Crippen molar-refractivity contribution in [1.82, 2.24) is 4.90 Å². The Hall–Kier alpha value is -1.11. The number of ether oxygens (including phenoxy) is 1. The minimum absolute atomic E-state index is 0.0288. The molecule has 6 heteroatoms. The number of hydrogen-bond donors (Lipinski definition) is 1. The lowest BCUT2D eigenvalue weighted by atomic mass is 9.93. The largest absolute Gasteiger partial charge is 0.380 e. The van der Waals surface area contributed by atoms with E-state index in [9.17, 15) is 13.2 Å². The average molecular weight is 302 g/mol. The maximum absolute atomic E-state index is 14.0. The van der Waals surface area contributed by atoms with E-state index in [4.69, 9.17) is 10.5 Å². The molecule has 1 aliphatic heterocycles. The van der Waals surface area contributed by atoms with Gasteiger partial charge in [-0.2, -0.15) is 0 Å². The number of likely N-dealkylation sites (tertiary alicyclic amines) is 1. The highest BCUT2D eigenvalue weighted by Gasteiger charge is 2.32. The molecule has 118 valence electrons. The molecule has 1 heterocycles. The summed E-state index contributed by atoms with van der Waals surface area (Å²) in [6.45, 7) is 3.55. The summed E-state index contributed by atoms with van der Waals surface area (Å²) in [5.74, 6) is -2.61. The molecule has 0 amide bonds. The number of nitrogens with zero attached hydrogens (tertiary/aromatic N) is 1. The first-order valence-electron chi connectivity index (χ1n) is 7.09. The molecule has 0 bridgehead atoms. The summed E-state index contributed by atoms with van der Waals surface area (Å²) in [5.41, 5.74) is 5.85. The quantitative estimate of drug-likeness (QED) is 0.868. The molecule has 0 aliphatic carbocycles. The zero-order valence-corrected chi connectivity index (χ0v) is 12.3. The molecule has 0 radical (unpaired) electrons. The molecular weight excluding hydrogens is 281 g/mol. The van der Waals surface area contributed by atoms with Crippen molar-refractivity contribution < 1.29 is 17.9 Å². The van der Waals surface area contributed by atoms with Crippen LogP contribution in [0.3, 0.4) is 0 Å². The summed E-state index contributed by atoms with van der Waals surface area (Å²) in [4.78, 5) is 1.98. The van der Waals surface area contributed by atoms with Crippen LogP contribution in [0.1, 0.15) is 24.9 Å². The SMILES string of the molecule is COC1CN(C(CN)c2cc(F)c(F)cc2F)CCC1C. The van der Waals surface area contributed by atoms with E-state index < -0.39 is 23.5 Å². The fourth-order valence-electron chi connectivity index (χ4n) is 2.91. The van der Waals surface area contributed by atoms with Gasteiger partial charge in [-0.05, 0) is 24.9 Å². The smallest absolute Gasteiger partial charge is 0.161 e. The third kappa shape index (κ3) is 3.39. The zero-order valence-electron chi connectivity index (χ0n) is 12.3. The third-order valence-corrected chi connectivity index (χ3v) is 4.29. The molecule has 1 saturated heterocycles. The molecule has 3 nitrogen and oxygen atoms in total. The minimum atomic E-state index is -1.19. The topological polar surface area (TPSA) is 38.5 Å². The normalized spacial score (nSPS) is 25.0. The van der Waals surface area contributed by atoms with E-state index in [1.54, 1.807) is 7.11 Å². The lowest BCUT2D eigenvalue weighted by Gasteiger charge is -2.40. The van der Waals surface area contributed by atoms with Gasteiger partial charge in [0.15, 0.2) is 11.6 Å². The number of halogens is 3. The van der Waals surface area contributed by atoms with Crippen molar-refractivity contribution in [3.8, 4) is 0 Å². The molecule has 0 aromatic heterocycles. The second-order valence-corrected chi connectivity index (χ2v) is 5.57. The second-order valence-electron chi connectivity index (χ2n) is 5.57. The van der Waals surface area contributed by atoms with Crippen LogP contribution in [0.4, 0.5) is 13.2 Å². The Labute approximate surface area is 122 Å². The summed E-state index contributed by atoms with van der Waals surface area (Å²) in [7, 11) is 1.64. The Morgan fingerprint density at radius 1 is 1.29 bits per heavy atom. The monoisotopic (exact) mass is 302 g/mol. The van der Waals surface area contributed by atoms with E-state index >= 15 is 0 Å². The van der Waals surface area contributed by atoms with Gasteiger partial charge in [-0.15, -0.1) is 0 Å². The zero-order chi connectivity index (χ0) is 15.6. The van der Waals surface area contributed by atoms with Crippen molar-refractivity contribution in [2.75, 3.05) is 26.7 Å². The van der Waals surface area contributed by atoms with E-state index in [1.807, 2.05) is 4.90 Å². The molecule has 1 aromatic rings. The average Bonchev–Trinajstić information content (AvgIpc) is 2.46. The van der Waals surface area contributed by atoms with Gasteiger partial charge in [0.1, 0.15) is 5.82 Å². The van der Waals surface area contributed by atoms with E-state index in [2.05, 4.69) is 6.92 Å². The van der Waals surface area contributed by atoms with Crippen LogP contribution in [0.15, 0.2) is 12.1 Å². The van der Waals surface area contributed by atoms with Crippen molar-refractivity contribution >= 4 is 0 Å². The van der Waals surface area contributed by atoms with Crippen LogP contribution in [-0.4, -0.2) is 37.7 Å². The maximum Gasteiger partial charge on any atom is 0.161 e. The fraction of sp³-hybridized carbons (Fsp3) is 0.600. The Bertz CT molecular complexity index is 498. The van der Waals surface area contributed by atoms with Gasteiger partial charge in [0.25, 0.3) is 0 Å². The number of benzene rings is 1. The van der Waals surface area contributed by atoms with E-state index in [1.165, 1.54) is 0 Å². The summed E-state index contributed by atoms with van der Waals surface area (Å²) < 4.78 is 45.8. The molecule has 2 rings (SSSR count). The molecule has 2 N–H and O–H groups in total. The van der Waals surface area contributed by atoms with Gasteiger partial charge >= 0.3 is 0 Å². The van der Waals surface area contributed by atoms with Gasteiger partial charge in [-0.3, -0.25) is 4.90 Å². The molecule has 3 unspecified atom stereocenters. The lowest BCUT2D eigenvalue weighted by Crippen LogP contribution is -2.47. The Kier molecular flexibility index (Phi) is 5.24. The summed E-state index contributed by atoms with van der Waals surface area (Å²) >= 11 is 0. The molecule has 1 aromatic carbocycles. The van der Waals surface area contributed by atoms with Crippen molar-refractivity contribution in [2.45, 2.75) is 25.5 Å². The maximum atomic E-state index is 14.0. The van der Waals surface area contributed by atoms with Crippen molar-refractivity contribution in [1.29, 1.82) is 0 Å². The highest BCUT2D eigenvalue weighted by atomic mass is 19.2. The highest BCUT2D eigenvalue weighted by molar-refractivity contribution is 5.24. The number of rotatable bonds is 4. The summed E-state index contributed by atoms with van der Waals surface area (Å²) in [6, 6.07) is 1.00. The first-order chi connectivity index (χ1) is 9.97. The molecule has 3 atom stereocenters. The first kappa shape index (κ1) is 16.3. The number of methoxy groups -OCH3 is 1. The minimum Gasteiger partial charge on any atom is -0.380 e. The number of piperidine rings is 1. The van der Waals surface area contributed by atoms with Crippen molar-refractivity contribution in [2.24, 2.45) is 11.7 Å². The van der Waals surface area contributed by atoms with Gasteiger partial charge < -0.3 is 10.5 Å². The number of hydrogen-bond acceptors (Lipinski definition) is 3. The van der Waals surface area contributed by atoms with Crippen LogP contribution in [0.25, 0.3) is 0 Å². The molecule has 0 spiro atoms. The fourth-order valence-corrected chi connectivity index (χ4v) is 2.91. The molecule has 1 fully saturated rings. The van der Waals surface area contributed by atoms with E-state index in [-0.39, 0.29) is 18.2 Å². The number of nitrogens with two attached hydrogens (primary N) is 1. The van der Waals surface area contributed by atoms with Crippen LogP contribution in [-0.2, 0) is 4.74 Å². The second kappa shape index (κ2) is 6.77. The van der Waals surface area contributed by atoms with E-state index in [0.29, 0.717) is 18.5 Å². The van der Waals surface area contributed by atoms with Crippen molar-refractivity contribution in [3.63, 3.8) is 0 Å². The van der Waals surface area contributed by atoms with E-state index in [0.717, 1.165) is 19.0 Å². The van der Waals surface area contributed by atoms with Crippen LogP contribution >= 0.6 is 0 Å². The first-order valence-corrected chi connectivity index (χ1v) is 7.09. The Morgan fingerprint density at radius 3 is 2.57 bits per heavy atom. The Morgan fingerprint density at radius 2 is 1.95 bits per heavy atom.